The molecule has 2 N–H and O–H groups in total. The van der Waals surface area contributed by atoms with Gasteiger partial charge in [0, 0.05) is 47.1 Å². The predicted octanol–water partition coefficient (Wildman–Crippen LogP) is 3.98. The van der Waals surface area contributed by atoms with Crippen LogP contribution < -0.4 is 14.8 Å². The first kappa shape index (κ1) is 21.5. The number of rotatable bonds is 6. The van der Waals surface area contributed by atoms with Crippen molar-refractivity contribution in [1.82, 2.24) is 19.4 Å². The van der Waals surface area contributed by atoms with E-state index in [2.05, 4.69) is 48.6 Å². The molecule has 3 heterocycles. The monoisotopic (exact) mass is 537 g/mol. The van der Waals surface area contributed by atoms with Crippen molar-refractivity contribution in [2.45, 2.75) is 25.4 Å². The molecule has 9 nitrogen and oxygen atoms in total. The lowest BCUT2D eigenvalue weighted by Crippen LogP contribution is -2.38. The van der Waals surface area contributed by atoms with Crippen molar-refractivity contribution in [3.05, 3.63) is 39.9 Å². The van der Waals surface area contributed by atoms with E-state index >= 15 is 0 Å². The standard InChI is InChI=1S/C21H24IN5O4/c1-30-15-4-3-13(17(9-15)31-2)10-23-19-18-16(22)11-27(20(18)25-12-24-19)14-5-7-26(8-6-14)21(28)29/h3-4,9,11-12,14H,5-8,10H2,1-2H3,(H,28,29)(H,23,24,25). The van der Waals surface area contributed by atoms with Gasteiger partial charge in [-0.05, 0) is 47.6 Å². The van der Waals surface area contributed by atoms with Crippen LogP contribution in [0.1, 0.15) is 24.4 Å². The molecule has 1 saturated heterocycles. The SMILES string of the molecule is COc1ccc(CNc2ncnc3c2c(I)cn3C2CCN(C(=O)O)CC2)c(OC)c1. The van der Waals surface area contributed by atoms with E-state index in [0.717, 1.165) is 50.3 Å². The number of carbonyl (C=O) groups is 1. The van der Waals surface area contributed by atoms with Gasteiger partial charge in [-0.1, -0.05) is 0 Å². The molecule has 1 amide bonds. The lowest BCUT2D eigenvalue weighted by molar-refractivity contribution is 0.126. The van der Waals surface area contributed by atoms with Crippen LogP contribution in [0.25, 0.3) is 11.0 Å². The number of benzene rings is 1. The Balaban J connectivity index is 1.57. The Morgan fingerprint density at radius 3 is 2.71 bits per heavy atom. The highest BCUT2D eigenvalue weighted by Crippen LogP contribution is 2.33. The lowest BCUT2D eigenvalue weighted by Gasteiger charge is -2.31. The van der Waals surface area contributed by atoms with Gasteiger partial charge in [0.05, 0.1) is 19.6 Å². The fourth-order valence-electron chi connectivity index (χ4n) is 3.96. The number of fused-ring (bicyclic) bond motifs is 1. The van der Waals surface area contributed by atoms with Crippen LogP contribution in [-0.4, -0.2) is 57.9 Å². The Hall–Kier alpha value is -2.76. The third-order valence-electron chi connectivity index (χ3n) is 5.63. The first-order valence-corrected chi connectivity index (χ1v) is 11.0. The molecule has 164 valence electrons. The van der Waals surface area contributed by atoms with Crippen molar-refractivity contribution in [2.24, 2.45) is 0 Å². The van der Waals surface area contributed by atoms with Crippen LogP contribution in [0.2, 0.25) is 0 Å². The molecule has 1 fully saturated rings. The average molecular weight is 537 g/mol. The number of hydrogen-bond donors (Lipinski definition) is 2. The third-order valence-corrected chi connectivity index (χ3v) is 6.45. The fourth-order valence-corrected chi connectivity index (χ4v) is 4.76. The molecule has 1 aromatic carbocycles. The van der Waals surface area contributed by atoms with Crippen LogP contribution in [0.4, 0.5) is 10.6 Å². The number of ether oxygens (including phenoxy) is 2. The second kappa shape index (κ2) is 9.16. The summed E-state index contributed by atoms with van der Waals surface area (Å²) in [7, 11) is 3.27. The number of aromatic nitrogens is 3. The van der Waals surface area contributed by atoms with Crippen LogP contribution >= 0.6 is 22.6 Å². The summed E-state index contributed by atoms with van der Waals surface area (Å²) in [5.74, 6) is 2.24. The second-order valence-electron chi connectivity index (χ2n) is 7.34. The number of piperidine rings is 1. The molecule has 0 spiro atoms. The number of nitrogens with zero attached hydrogens (tertiary/aromatic N) is 4. The Labute approximate surface area is 193 Å². The number of nitrogens with one attached hydrogen (secondary N) is 1. The summed E-state index contributed by atoms with van der Waals surface area (Å²) in [6, 6.07) is 5.94. The summed E-state index contributed by atoms with van der Waals surface area (Å²) in [5, 5.41) is 13.6. The van der Waals surface area contributed by atoms with Gasteiger partial charge in [0.2, 0.25) is 0 Å². The zero-order valence-electron chi connectivity index (χ0n) is 17.3. The van der Waals surface area contributed by atoms with Crippen molar-refractivity contribution < 1.29 is 19.4 Å². The van der Waals surface area contributed by atoms with E-state index < -0.39 is 6.09 Å². The fraction of sp³-hybridized carbons (Fsp3) is 0.381. The summed E-state index contributed by atoms with van der Waals surface area (Å²) in [6.07, 6.45) is 4.33. The minimum absolute atomic E-state index is 0.214. The van der Waals surface area contributed by atoms with Crippen molar-refractivity contribution in [2.75, 3.05) is 32.6 Å². The van der Waals surface area contributed by atoms with Crippen LogP contribution in [-0.2, 0) is 6.54 Å². The molecule has 1 aliphatic heterocycles. The zero-order valence-corrected chi connectivity index (χ0v) is 19.5. The maximum absolute atomic E-state index is 11.2. The topological polar surface area (TPSA) is 102 Å². The van der Waals surface area contributed by atoms with E-state index in [1.165, 1.54) is 4.90 Å². The van der Waals surface area contributed by atoms with Crippen LogP contribution in [0.3, 0.4) is 0 Å². The molecule has 0 unspecified atom stereocenters. The Morgan fingerprint density at radius 2 is 2.03 bits per heavy atom. The summed E-state index contributed by atoms with van der Waals surface area (Å²) >= 11 is 2.31. The van der Waals surface area contributed by atoms with Gasteiger partial charge in [-0.3, -0.25) is 0 Å². The minimum atomic E-state index is -0.854. The normalized spacial score (nSPS) is 14.6. The van der Waals surface area contributed by atoms with Crippen molar-refractivity contribution >= 4 is 45.5 Å². The maximum Gasteiger partial charge on any atom is 0.407 e. The predicted molar refractivity (Wildman–Crippen MR) is 125 cm³/mol. The van der Waals surface area contributed by atoms with Gasteiger partial charge in [-0.15, -0.1) is 0 Å². The molecule has 2 aromatic heterocycles. The van der Waals surface area contributed by atoms with Crippen molar-refractivity contribution in [1.29, 1.82) is 0 Å². The van der Waals surface area contributed by atoms with E-state index in [9.17, 15) is 9.90 Å². The molecule has 1 aliphatic rings. The first-order valence-electron chi connectivity index (χ1n) is 9.95. The molecular formula is C21H24IN5O4. The third kappa shape index (κ3) is 4.34. The Bertz CT molecular complexity index is 1090. The molecule has 0 saturated carbocycles. The molecule has 31 heavy (non-hydrogen) atoms. The molecule has 0 radical (unpaired) electrons. The minimum Gasteiger partial charge on any atom is -0.497 e. The number of hydrogen-bond acceptors (Lipinski definition) is 6. The van der Waals surface area contributed by atoms with Crippen LogP contribution in [0, 0.1) is 3.57 Å². The van der Waals surface area contributed by atoms with E-state index in [0.29, 0.717) is 19.6 Å². The number of halogens is 1. The highest BCUT2D eigenvalue weighted by atomic mass is 127. The summed E-state index contributed by atoms with van der Waals surface area (Å²) in [6.45, 7) is 1.60. The van der Waals surface area contributed by atoms with Gasteiger partial charge in [-0.2, -0.15) is 0 Å². The van der Waals surface area contributed by atoms with Crippen molar-refractivity contribution in [3.8, 4) is 11.5 Å². The number of amides is 1. The smallest absolute Gasteiger partial charge is 0.407 e. The van der Waals surface area contributed by atoms with Crippen LogP contribution in [0.15, 0.2) is 30.7 Å². The molecule has 0 bridgehead atoms. The molecule has 4 rings (SSSR count). The zero-order chi connectivity index (χ0) is 22.0. The van der Waals surface area contributed by atoms with E-state index in [1.54, 1.807) is 20.5 Å². The second-order valence-corrected chi connectivity index (χ2v) is 8.50. The van der Waals surface area contributed by atoms with Gasteiger partial charge in [0.25, 0.3) is 0 Å². The summed E-state index contributed by atoms with van der Waals surface area (Å²) in [5.41, 5.74) is 1.85. The average Bonchev–Trinajstić information content (AvgIpc) is 3.14. The molecular weight excluding hydrogens is 513 g/mol. The molecule has 0 aliphatic carbocycles. The summed E-state index contributed by atoms with van der Waals surface area (Å²) in [4.78, 5) is 21.7. The van der Waals surface area contributed by atoms with Gasteiger partial charge in [-0.25, -0.2) is 14.8 Å². The summed E-state index contributed by atoms with van der Waals surface area (Å²) < 4.78 is 14.0. The highest BCUT2D eigenvalue weighted by Gasteiger charge is 2.26. The largest absolute Gasteiger partial charge is 0.497 e. The molecule has 10 heteroatoms. The van der Waals surface area contributed by atoms with E-state index in [-0.39, 0.29) is 6.04 Å². The van der Waals surface area contributed by atoms with Gasteiger partial charge >= 0.3 is 6.09 Å². The number of likely N-dealkylation sites (tertiary alicyclic amines) is 1. The Kier molecular flexibility index (Phi) is 6.35. The van der Waals surface area contributed by atoms with E-state index in [1.807, 2.05) is 18.2 Å². The van der Waals surface area contributed by atoms with E-state index in [4.69, 9.17) is 9.47 Å². The lowest BCUT2D eigenvalue weighted by atomic mass is 10.1. The molecule has 3 aromatic rings. The van der Waals surface area contributed by atoms with Gasteiger partial charge < -0.3 is 29.4 Å². The highest BCUT2D eigenvalue weighted by molar-refractivity contribution is 14.1. The molecule has 0 atom stereocenters. The van der Waals surface area contributed by atoms with Gasteiger partial charge in [0.15, 0.2) is 0 Å². The quantitative estimate of drug-likeness (QED) is 0.459. The van der Waals surface area contributed by atoms with Gasteiger partial charge in [0.1, 0.15) is 29.3 Å². The van der Waals surface area contributed by atoms with Crippen molar-refractivity contribution in [3.63, 3.8) is 0 Å². The number of methoxy groups -OCH3 is 2. The number of carboxylic acid groups (broad SMARTS) is 1. The first-order chi connectivity index (χ1) is 15.0. The Morgan fingerprint density at radius 1 is 1.26 bits per heavy atom. The maximum atomic E-state index is 11.2. The number of anilines is 1. The van der Waals surface area contributed by atoms with Crippen LogP contribution in [0.5, 0.6) is 11.5 Å².